The molecule has 0 aliphatic carbocycles. The van der Waals surface area contributed by atoms with E-state index in [9.17, 15) is 4.79 Å². The van der Waals surface area contributed by atoms with Crippen molar-refractivity contribution >= 4 is 11.6 Å². The highest BCUT2D eigenvalue weighted by molar-refractivity contribution is 5.95. The van der Waals surface area contributed by atoms with Crippen molar-refractivity contribution in [2.75, 3.05) is 5.32 Å². The lowest BCUT2D eigenvalue weighted by Gasteiger charge is -2.10. The zero-order valence-corrected chi connectivity index (χ0v) is 9.60. The molecule has 0 saturated heterocycles. The van der Waals surface area contributed by atoms with Crippen molar-refractivity contribution in [2.24, 2.45) is 5.92 Å². The molecule has 1 unspecified atom stereocenters. The van der Waals surface area contributed by atoms with Crippen LogP contribution in [0.15, 0.2) is 24.3 Å². The summed E-state index contributed by atoms with van der Waals surface area (Å²) in [5.41, 5.74) is 0.852. The van der Waals surface area contributed by atoms with Crippen LogP contribution in [0.4, 0.5) is 5.69 Å². The van der Waals surface area contributed by atoms with E-state index in [1.165, 1.54) is 0 Å². The number of hydrogen-bond acceptors (Lipinski definition) is 3. The Balaban J connectivity index is 2.81. The molecule has 86 valence electrons. The number of carbonyl (C=O) groups is 1. The fourth-order valence-electron chi connectivity index (χ4n) is 1.45. The fourth-order valence-corrected chi connectivity index (χ4v) is 1.45. The number of nitrogens with one attached hydrogen (secondary N) is 1. The molecule has 4 heteroatoms. The van der Waals surface area contributed by atoms with Gasteiger partial charge in [-0.05, 0) is 18.6 Å². The number of carbonyl (C=O) groups excluding carboxylic acids is 1. The molecule has 0 radical (unpaired) electrons. The van der Waals surface area contributed by atoms with Gasteiger partial charge in [-0.1, -0.05) is 25.5 Å². The van der Waals surface area contributed by atoms with Crippen molar-refractivity contribution in [2.45, 2.75) is 19.8 Å². The lowest BCUT2D eigenvalue weighted by molar-refractivity contribution is -0.118. The SMILES string of the molecule is CCCC(C#N)C(=O)Nc1ccccc1C#N. The number of nitrogens with zero attached hydrogens (tertiary/aromatic N) is 2. The summed E-state index contributed by atoms with van der Waals surface area (Å²) in [4.78, 5) is 11.8. The summed E-state index contributed by atoms with van der Waals surface area (Å²) in [6.45, 7) is 1.92. The third kappa shape index (κ3) is 3.32. The van der Waals surface area contributed by atoms with Gasteiger partial charge in [0.05, 0.1) is 17.3 Å². The van der Waals surface area contributed by atoms with Crippen LogP contribution >= 0.6 is 0 Å². The maximum absolute atomic E-state index is 11.8. The van der Waals surface area contributed by atoms with Gasteiger partial charge < -0.3 is 5.32 Å². The van der Waals surface area contributed by atoms with E-state index >= 15 is 0 Å². The van der Waals surface area contributed by atoms with Gasteiger partial charge in [-0.2, -0.15) is 10.5 Å². The van der Waals surface area contributed by atoms with Gasteiger partial charge in [0, 0.05) is 0 Å². The molecule has 1 aromatic rings. The Morgan fingerprint density at radius 3 is 2.71 bits per heavy atom. The van der Waals surface area contributed by atoms with Crippen molar-refractivity contribution in [3.8, 4) is 12.1 Å². The first-order valence-corrected chi connectivity index (χ1v) is 5.42. The first-order chi connectivity index (χ1) is 8.22. The van der Waals surface area contributed by atoms with Gasteiger partial charge in [-0.3, -0.25) is 4.79 Å². The Hall–Kier alpha value is -2.33. The Labute approximate surface area is 100 Å². The monoisotopic (exact) mass is 227 g/mol. The van der Waals surface area contributed by atoms with E-state index in [0.29, 0.717) is 17.7 Å². The second kappa shape index (κ2) is 6.30. The molecule has 1 rings (SSSR count). The molecule has 1 amide bonds. The average molecular weight is 227 g/mol. The zero-order valence-electron chi connectivity index (χ0n) is 9.60. The minimum atomic E-state index is -0.660. The molecule has 0 saturated carbocycles. The summed E-state index contributed by atoms with van der Waals surface area (Å²) in [6, 6.07) is 10.7. The van der Waals surface area contributed by atoms with Crippen molar-refractivity contribution in [1.82, 2.24) is 0 Å². The topological polar surface area (TPSA) is 76.7 Å². The largest absolute Gasteiger partial charge is 0.324 e. The van der Waals surface area contributed by atoms with Crippen LogP contribution < -0.4 is 5.32 Å². The van der Waals surface area contributed by atoms with E-state index in [1.807, 2.05) is 19.1 Å². The minimum absolute atomic E-state index is 0.350. The Bertz CT molecular complexity index is 482. The lowest BCUT2D eigenvalue weighted by Crippen LogP contribution is -2.21. The predicted molar refractivity (Wildman–Crippen MR) is 63.8 cm³/mol. The second-order valence-electron chi connectivity index (χ2n) is 3.62. The van der Waals surface area contributed by atoms with Crippen LogP contribution in [-0.4, -0.2) is 5.91 Å². The maximum Gasteiger partial charge on any atom is 0.241 e. The quantitative estimate of drug-likeness (QED) is 0.858. The van der Waals surface area contributed by atoms with E-state index in [4.69, 9.17) is 10.5 Å². The van der Waals surface area contributed by atoms with Crippen LogP contribution in [0.3, 0.4) is 0 Å². The third-order valence-corrected chi connectivity index (χ3v) is 2.36. The van der Waals surface area contributed by atoms with Crippen molar-refractivity contribution in [1.29, 1.82) is 10.5 Å². The number of para-hydroxylation sites is 1. The Morgan fingerprint density at radius 2 is 2.12 bits per heavy atom. The molecule has 17 heavy (non-hydrogen) atoms. The zero-order chi connectivity index (χ0) is 12.7. The van der Waals surface area contributed by atoms with Crippen LogP contribution in [0, 0.1) is 28.6 Å². The number of hydrogen-bond donors (Lipinski definition) is 1. The minimum Gasteiger partial charge on any atom is -0.324 e. The van der Waals surface area contributed by atoms with Gasteiger partial charge in [0.25, 0.3) is 0 Å². The number of anilines is 1. The molecule has 0 aromatic heterocycles. The van der Waals surface area contributed by atoms with Gasteiger partial charge in [0.1, 0.15) is 12.0 Å². The molecule has 1 atom stereocenters. The summed E-state index contributed by atoms with van der Waals surface area (Å²) in [7, 11) is 0. The molecular formula is C13H13N3O. The smallest absolute Gasteiger partial charge is 0.241 e. The van der Waals surface area contributed by atoms with Crippen molar-refractivity contribution in [3.05, 3.63) is 29.8 Å². The molecule has 1 aromatic carbocycles. The van der Waals surface area contributed by atoms with Crippen LogP contribution in [0.1, 0.15) is 25.3 Å². The van der Waals surface area contributed by atoms with Gasteiger partial charge in [0.15, 0.2) is 0 Å². The molecule has 0 heterocycles. The number of benzene rings is 1. The van der Waals surface area contributed by atoms with E-state index in [1.54, 1.807) is 24.3 Å². The molecule has 0 bridgehead atoms. The molecule has 4 nitrogen and oxygen atoms in total. The highest BCUT2D eigenvalue weighted by Crippen LogP contribution is 2.16. The van der Waals surface area contributed by atoms with Crippen LogP contribution in [0.25, 0.3) is 0 Å². The highest BCUT2D eigenvalue weighted by atomic mass is 16.1. The normalized spacial score (nSPS) is 11.0. The Morgan fingerprint density at radius 1 is 1.41 bits per heavy atom. The van der Waals surface area contributed by atoms with E-state index in [0.717, 1.165) is 6.42 Å². The first kappa shape index (κ1) is 12.7. The van der Waals surface area contributed by atoms with Crippen molar-refractivity contribution in [3.63, 3.8) is 0 Å². The van der Waals surface area contributed by atoms with Gasteiger partial charge >= 0.3 is 0 Å². The van der Waals surface area contributed by atoms with Crippen LogP contribution in [0.2, 0.25) is 0 Å². The molecular weight excluding hydrogens is 214 g/mol. The lowest BCUT2D eigenvalue weighted by atomic mass is 10.0. The summed E-state index contributed by atoms with van der Waals surface area (Å²) in [6.07, 6.45) is 1.29. The molecule has 0 spiro atoms. The van der Waals surface area contributed by atoms with E-state index < -0.39 is 5.92 Å². The van der Waals surface area contributed by atoms with Crippen molar-refractivity contribution < 1.29 is 4.79 Å². The average Bonchev–Trinajstić information content (AvgIpc) is 2.36. The molecule has 1 N–H and O–H groups in total. The Kier molecular flexibility index (Phi) is 4.72. The fraction of sp³-hybridized carbons (Fsp3) is 0.308. The third-order valence-electron chi connectivity index (χ3n) is 2.36. The first-order valence-electron chi connectivity index (χ1n) is 5.42. The second-order valence-corrected chi connectivity index (χ2v) is 3.62. The number of rotatable bonds is 4. The van der Waals surface area contributed by atoms with Gasteiger partial charge in [0.2, 0.25) is 5.91 Å². The number of nitriles is 2. The van der Waals surface area contributed by atoms with Gasteiger partial charge in [-0.25, -0.2) is 0 Å². The molecule has 0 fully saturated rings. The van der Waals surface area contributed by atoms with Gasteiger partial charge in [-0.15, -0.1) is 0 Å². The molecule has 0 aliphatic heterocycles. The molecule has 0 aliphatic rings. The maximum atomic E-state index is 11.8. The van der Waals surface area contributed by atoms with E-state index in [-0.39, 0.29) is 5.91 Å². The van der Waals surface area contributed by atoms with Crippen LogP contribution in [-0.2, 0) is 4.79 Å². The highest BCUT2D eigenvalue weighted by Gasteiger charge is 2.17. The number of amides is 1. The summed E-state index contributed by atoms with van der Waals surface area (Å²) in [5, 5.41) is 20.3. The predicted octanol–water partition coefficient (Wildman–Crippen LogP) is 2.44. The standard InChI is InChI=1S/C13H13N3O/c1-2-5-11(9-15)13(17)16-12-7-4-3-6-10(12)8-14/h3-4,6-7,11H,2,5H2,1H3,(H,16,17). The van der Waals surface area contributed by atoms with Crippen LogP contribution in [0.5, 0.6) is 0 Å². The summed E-state index contributed by atoms with van der Waals surface area (Å²) in [5.74, 6) is -1.01. The summed E-state index contributed by atoms with van der Waals surface area (Å²) < 4.78 is 0. The van der Waals surface area contributed by atoms with E-state index in [2.05, 4.69) is 5.32 Å². The summed E-state index contributed by atoms with van der Waals surface area (Å²) >= 11 is 0.